The van der Waals surface area contributed by atoms with Crippen molar-refractivity contribution in [1.82, 2.24) is 10.2 Å². The monoisotopic (exact) mass is 461 g/mol. The number of amides is 1. The van der Waals surface area contributed by atoms with Gasteiger partial charge in [0.2, 0.25) is 0 Å². The molecule has 1 heterocycles. The Morgan fingerprint density at radius 1 is 0.912 bits per heavy atom. The van der Waals surface area contributed by atoms with Crippen molar-refractivity contribution >= 4 is 11.7 Å². The minimum absolute atomic E-state index is 0.0388. The molecule has 178 valence electrons. The normalized spacial score (nSPS) is 21.5. The van der Waals surface area contributed by atoms with E-state index in [0.29, 0.717) is 22.6 Å². The summed E-state index contributed by atoms with van der Waals surface area (Å²) in [4.78, 5) is 27.6. The Labute approximate surface area is 201 Å². The van der Waals surface area contributed by atoms with Crippen LogP contribution in [0.1, 0.15) is 71.2 Å². The Morgan fingerprint density at radius 3 is 2.15 bits per heavy atom. The third-order valence-electron chi connectivity index (χ3n) is 7.40. The lowest BCUT2D eigenvalue weighted by Gasteiger charge is -2.34. The molecule has 6 heteroatoms. The molecule has 5 nitrogen and oxygen atoms in total. The summed E-state index contributed by atoms with van der Waals surface area (Å²) in [6.07, 6.45) is 7.14. The fraction of sp³-hybridized carbons (Fsp3) is 0.464. The van der Waals surface area contributed by atoms with Gasteiger partial charge in [-0.3, -0.25) is 9.59 Å². The number of piperidine rings is 1. The third-order valence-corrected chi connectivity index (χ3v) is 7.40. The van der Waals surface area contributed by atoms with Crippen LogP contribution in [0.25, 0.3) is 0 Å². The van der Waals surface area contributed by atoms with Crippen molar-refractivity contribution < 1.29 is 14.0 Å². The van der Waals surface area contributed by atoms with Gasteiger partial charge in [-0.05, 0) is 119 Å². The Kier molecular flexibility index (Phi) is 8.08. The van der Waals surface area contributed by atoms with Crippen LogP contribution in [-0.4, -0.2) is 42.3 Å². The molecule has 0 atom stereocenters. The van der Waals surface area contributed by atoms with E-state index in [4.69, 9.17) is 5.26 Å². The number of hydrogen-bond acceptors (Lipinski definition) is 4. The lowest BCUT2D eigenvalue weighted by molar-refractivity contribution is 0.0832. The molecule has 2 aliphatic rings. The van der Waals surface area contributed by atoms with E-state index in [1.165, 1.54) is 12.1 Å². The first-order valence-electron chi connectivity index (χ1n) is 12.3. The number of Topliss-reactive ketones (excluding diaryl/α,β-unsaturated/α-hetero) is 1. The fourth-order valence-electron chi connectivity index (χ4n) is 5.19. The van der Waals surface area contributed by atoms with E-state index in [1.807, 2.05) is 0 Å². The van der Waals surface area contributed by atoms with Gasteiger partial charge in [0.25, 0.3) is 5.91 Å². The van der Waals surface area contributed by atoms with Crippen molar-refractivity contribution in [3.05, 3.63) is 71.0 Å². The largest absolute Gasteiger partial charge is 0.349 e. The van der Waals surface area contributed by atoms with Gasteiger partial charge in [0.1, 0.15) is 5.82 Å². The first-order valence-corrected chi connectivity index (χ1v) is 12.3. The molecule has 1 saturated carbocycles. The van der Waals surface area contributed by atoms with Crippen molar-refractivity contribution in [3.63, 3.8) is 0 Å². The van der Waals surface area contributed by atoms with Crippen LogP contribution in [0.15, 0.2) is 48.5 Å². The fourth-order valence-corrected chi connectivity index (χ4v) is 5.19. The molecule has 1 saturated heterocycles. The van der Waals surface area contributed by atoms with Crippen LogP contribution >= 0.6 is 0 Å². The SMILES string of the molecule is N#Cc1ccc(C(=O)N[C@H]2CC[C@H](CCN3CCC(C(=O)c4ccc(F)cc4)CC3)CC2)cc1. The summed E-state index contributed by atoms with van der Waals surface area (Å²) < 4.78 is 13.1. The second kappa shape index (κ2) is 11.4. The van der Waals surface area contributed by atoms with Crippen LogP contribution in [0.2, 0.25) is 0 Å². The van der Waals surface area contributed by atoms with Gasteiger partial charge in [0, 0.05) is 23.1 Å². The summed E-state index contributed by atoms with van der Waals surface area (Å²) in [6, 6.07) is 14.9. The van der Waals surface area contributed by atoms with Crippen molar-refractivity contribution in [3.8, 4) is 6.07 Å². The number of nitrogens with one attached hydrogen (secondary N) is 1. The smallest absolute Gasteiger partial charge is 0.251 e. The Hall–Kier alpha value is -3.04. The highest BCUT2D eigenvalue weighted by Crippen LogP contribution is 2.28. The quantitative estimate of drug-likeness (QED) is 0.591. The summed E-state index contributed by atoms with van der Waals surface area (Å²) in [5, 5.41) is 12.0. The molecule has 2 aromatic carbocycles. The van der Waals surface area contributed by atoms with E-state index < -0.39 is 0 Å². The van der Waals surface area contributed by atoms with Crippen LogP contribution in [0.3, 0.4) is 0 Å². The standard InChI is InChI=1S/C28H32FN3O2/c29-25-9-7-22(8-10-25)27(33)23-14-17-32(18-15-23)16-13-20-3-11-26(12-4-20)31-28(34)24-5-1-21(19-30)2-6-24/h1-2,5-10,20,23,26H,3-4,11-18H2,(H,31,34)/t20-,26-. The molecule has 1 amide bonds. The van der Waals surface area contributed by atoms with E-state index >= 15 is 0 Å². The maximum atomic E-state index is 13.1. The zero-order chi connectivity index (χ0) is 23.9. The molecule has 1 aliphatic carbocycles. The highest BCUT2D eigenvalue weighted by atomic mass is 19.1. The number of carbonyl (C=O) groups excluding carboxylic acids is 2. The Bertz CT molecular complexity index is 1010. The van der Waals surface area contributed by atoms with Crippen LogP contribution in [0.4, 0.5) is 4.39 Å². The van der Waals surface area contributed by atoms with Gasteiger partial charge in [-0.1, -0.05) is 0 Å². The second-order valence-corrected chi connectivity index (χ2v) is 9.66. The molecule has 0 unspecified atom stereocenters. The average Bonchev–Trinajstić information content (AvgIpc) is 2.88. The summed E-state index contributed by atoms with van der Waals surface area (Å²) in [5.74, 6) is 0.486. The molecule has 0 bridgehead atoms. The second-order valence-electron chi connectivity index (χ2n) is 9.66. The number of likely N-dealkylation sites (tertiary alicyclic amines) is 1. The van der Waals surface area contributed by atoms with Gasteiger partial charge in [-0.25, -0.2) is 4.39 Å². The van der Waals surface area contributed by atoms with Crippen LogP contribution in [0, 0.1) is 29.0 Å². The molecule has 2 aromatic rings. The molecule has 0 radical (unpaired) electrons. The minimum atomic E-state index is -0.311. The maximum absolute atomic E-state index is 13.1. The first-order chi connectivity index (χ1) is 16.5. The van der Waals surface area contributed by atoms with Crippen LogP contribution < -0.4 is 5.32 Å². The van der Waals surface area contributed by atoms with Gasteiger partial charge in [-0.15, -0.1) is 0 Å². The Morgan fingerprint density at radius 2 is 1.53 bits per heavy atom. The number of nitrogens with zero attached hydrogens (tertiary/aromatic N) is 2. The molecular formula is C28H32FN3O2. The predicted octanol–water partition coefficient (Wildman–Crippen LogP) is 4.97. The molecule has 34 heavy (non-hydrogen) atoms. The predicted molar refractivity (Wildman–Crippen MR) is 129 cm³/mol. The van der Waals surface area contributed by atoms with E-state index in [9.17, 15) is 14.0 Å². The number of carbonyl (C=O) groups is 2. The molecular weight excluding hydrogens is 429 g/mol. The van der Waals surface area contributed by atoms with E-state index in [-0.39, 0.29) is 29.5 Å². The average molecular weight is 462 g/mol. The van der Waals surface area contributed by atoms with Gasteiger partial charge in [-0.2, -0.15) is 5.26 Å². The van der Waals surface area contributed by atoms with Crippen molar-refractivity contribution in [2.75, 3.05) is 19.6 Å². The number of nitriles is 1. The lowest BCUT2D eigenvalue weighted by Crippen LogP contribution is -2.39. The van der Waals surface area contributed by atoms with Crippen molar-refractivity contribution in [2.24, 2.45) is 11.8 Å². The summed E-state index contributed by atoms with van der Waals surface area (Å²) >= 11 is 0. The number of benzene rings is 2. The highest BCUT2D eigenvalue weighted by Gasteiger charge is 2.27. The molecule has 1 aliphatic heterocycles. The van der Waals surface area contributed by atoms with Gasteiger partial charge in [0.15, 0.2) is 5.78 Å². The molecule has 2 fully saturated rings. The molecule has 1 N–H and O–H groups in total. The zero-order valence-electron chi connectivity index (χ0n) is 19.5. The van der Waals surface area contributed by atoms with E-state index in [0.717, 1.165) is 64.6 Å². The minimum Gasteiger partial charge on any atom is -0.349 e. The molecule has 0 aromatic heterocycles. The summed E-state index contributed by atoms with van der Waals surface area (Å²) in [5.41, 5.74) is 1.77. The molecule has 4 rings (SSSR count). The van der Waals surface area contributed by atoms with Crippen LogP contribution in [-0.2, 0) is 0 Å². The zero-order valence-corrected chi connectivity index (χ0v) is 19.5. The van der Waals surface area contributed by atoms with Crippen molar-refractivity contribution in [2.45, 2.75) is 51.0 Å². The van der Waals surface area contributed by atoms with Crippen LogP contribution in [0.5, 0.6) is 0 Å². The van der Waals surface area contributed by atoms with E-state index in [2.05, 4.69) is 16.3 Å². The maximum Gasteiger partial charge on any atom is 0.251 e. The number of halogens is 1. The highest BCUT2D eigenvalue weighted by molar-refractivity contribution is 5.97. The van der Waals surface area contributed by atoms with Crippen molar-refractivity contribution in [1.29, 1.82) is 5.26 Å². The van der Waals surface area contributed by atoms with Gasteiger partial charge >= 0.3 is 0 Å². The summed E-state index contributed by atoms with van der Waals surface area (Å²) in [7, 11) is 0. The molecule has 0 spiro atoms. The summed E-state index contributed by atoms with van der Waals surface area (Å²) in [6.45, 7) is 2.94. The Balaban J connectivity index is 1.14. The number of ketones is 1. The van der Waals surface area contributed by atoms with Gasteiger partial charge < -0.3 is 10.2 Å². The topological polar surface area (TPSA) is 73.2 Å². The first kappa shape index (κ1) is 24.1. The third kappa shape index (κ3) is 6.30. The lowest BCUT2D eigenvalue weighted by atomic mass is 9.83. The number of rotatable bonds is 7. The number of hydrogen-bond donors (Lipinski definition) is 1. The van der Waals surface area contributed by atoms with Gasteiger partial charge in [0.05, 0.1) is 11.6 Å². The van der Waals surface area contributed by atoms with E-state index in [1.54, 1.807) is 36.4 Å².